The minimum Gasteiger partial charge on any atom is -0.481 e. The molecule has 2 unspecified atom stereocenters. The fourth-order valence-corrected chi connectivity index (χ4v) is 6.24. The van der Waals surface area contributed by atoms with Crippen LogP contribution in [0.15, 0.2) is 11.6 Å². The molecule has 31 heavy (non-hydrogen) atoms. The van der Waals surface area contributed by atoms with Crippen molar-refractivity contribution < 1.29 is 23.8 Å². The lowest BCUT2D eigenvalue weighted by Crippen LogP contribution is -2.43. The van der Waals surface area contributed by atoms with E-state index in [4.69, 9.17) is 19.0 Å². The number of carboxylic acid groups (broad SMARTS) is 1. The van der Waals surface area contributed by atoms with E-state index in [1.54, 1.807) is 0 Å². The molecule has 3 fully saturated rings. The third-order valence-corrected chi connectivity index (χ3v) is 12.6. The van der Waals surface area contributed by atoms with Gasteiger partial charge in [-0.1, -0.05) is 32.4 Å². The highest BCUT2D eigenvalue weighted by Crippen LogP contribution is 2.52. The standard InChI is InChI=1S/C25H44O5Si/c1-25(2,3)31(4,5)29-17-21-20-15-18(10-6-7-11-23(26)27)14-19(20)16-22(21)30-24-12-8-9-13-28-24/h10,19-22,24H,6-9,11-17H2,1-5H3,(H,26,27)/b18-10+/t19?,20-,21+,22+,24?/m0/s1. The number of rotatable bonds is 9. The molecule has 3 aliphatic rings. The van der Waals surface area contributed by atoms with Crippen molar-refractivity contribution in [2.45, 2.75) is 109 Å². The van der Waals surface area contributed by atoms with Crippen LogP contribution in [0.3, 0.4) is 0 Å². The van der Waals surface area contributed by atoms with Gasteiger partial charge in [-0.05, 0) is 81.3 Å². The Balaban J connectivity index is 1.63. The summed E-state index contributed by atoms with van der Waals surface area (Å²) in [5, 5.41) is 9.07. The molecule has 3 rings (SSSR count). The van der Waals surface area contributed by atoms with E-state index < -0.39 is 14.3 Å². The number of unbranched alkanes of at least 4 members (excludes halogenated alkanes) is 1. The van der Waals surface area contributed by atoms with Crippen LogP contribution in [0.1, 0.15) is 78.6 Å². The van der Waals surface area contributed by atoms with Crippen LogP contribution >= 0.6 is 0 Å². The van der Waals surface area contributed by atoms with Crippen molar-refractivity contribution in [3.05, 3.63) is 11.6 Å². The topological polar surface area (TPSA) is 65.0 Å². The first kappa shape index (κ1) is 24.9. The summed E-state index contributed by atoms with van der Waals surface area (Å²) in [6, 6.07) is 0. The van der Waals surface area contributed by atoms with E-state index in [1.165, 1.54) is 12.0 Å². The monoisotopic (exact) mass is 452 g/mol. The smallest absolute Gasteiger partial charge is 0.303 e. The highest BCUT2D eigenvalue weighted by molar-refractivity contribution is 6.74. The largest absolute Gasteiger partial charge is 0.481 e. The Labute approximate surface area is 190 Å². The number of carbonyl (C=O) groups is 1. The second kappa shape index (κ2) is 10.5. The Morgan fingerprint density at radius 1 is 1.26 bits per heavy atom. The first-order chi connectivity index (χ1) is 14.6. The second-order valence-electron chi connectivity index (χ2n) is 11.4. The molecule has 5 nitrogen and oxygen atoms in total. The first-order valence-corrected chi connectivity index (χ1v) is 15.3. The fraction of sp³-hybridized carbons (Fsp3) is 0.880. The molecule has 0 aromatic heterocycles. The average Bonchev–Trinajstić information content (AvgIpc) is 3.20. The Hall–Kier alpha value is -0.693. The Kier molecular flexibility index (Phi) is 8.44. The van der Waals surface area contributed by atoms with Gasteiger partial charge in [-0.25, -0.2) is 0 Å². The van der Waals surface area contributed by atoms with E-state index in [2.05, 4.69) is 39.9 Å². The van der Waals surface area contributed by atoms with Gasteiger partial charge in [-0.15, -0.1) is 0 Å². The van der Waals surface area contributed by atoms with Gasteiger partial charge < -0.3 is 19.0 Å². The lowest BCUT2D eigenvalue weighted by Gasteiger charge is -2.38. The van der Waals surface area contributed by atoms with E-state index >= 15 is 0 Å². The highest BCUT2D eigenvalue weighted by Gasteiger charge is 2.49. The zero-order chi connectivity index (χ0) is 22.6. The molecule has 2 saturated carbocycles. The maximum atomic E-state index is 10.8. The van der Waals surface area contributed by atoms with Crippen molar-refractivity contribution in [2.75, 3.05) is 13.2 Å². The minimum absolute atomic E-state index is 0.0426. The summed E-state index contributed by atoms with van der Waals surface area (Å²) in [5.74, 6) is 1.00. The number of hydrogen-bond donors (Lipinski definition) is 1. The summed E-state index contributed by atoms with van der Waals surface area (Å²) in [6.07, 6.45) is 11.1. The molecule has 6 heteroatoms. The average molecular weight is 453 g/mol. The Morgan fingerprint density at radius 2 is 2.03 bits per heavy atom. The van der Waals surface area contributed by atoms with Crippen LogP contribution in [0.25, 0.3) is 0 Å². The molecule has 178 valence electrons. The summed E-state index contributed by atoms with van der Waals surface area (Å²) >= 11 is 0. The van der Waals surface area contributed by atoms with Gasteiger partial charge in [0.05, 0.1) is 6.10 Å². The Morgan fingerprint density at radius 3 is 2.68 bits per heavy atom. The number of ether oxygens (including phenoxy) is 2. The second-order valence-corrected chi connectivity index (χ2v) is 16.2. The van der Waals surface area contributed by atoms with Crippen molar-refractivity contribution in [3.63, 3.8) is 0 Å². The summed E-state index contributed by atoms with van der Waals surface area (Å²) in [4.78, 5) is 10.8. The third-order valence-electron chi connectivity index (χ3n) is 8.13. The molecule has 5 atom stereocenters. The molecule has 1 aliphatic heterocycles. The predicted octanol–water partition coefficient (Wildman–Crippen LogP) is 6.15. The van der Waals surface area contributed by atoms with Gasteiger partial charge in [0.2, 0.25) is 0 Å². The molecule has 0 amide bonds. The zero-order valence-corrected chi connectivity index (χ0v) is 21.3. The summed E-state index contributed by atoms with van der Waals surface area (Å²) in [5.41, 5.74) is 1.52. The van der Waals surface area contributed by atoms with Gasteiger partial charge in [0.15, 0.2) is 14.6 Å². The summed E-state index contributed by atoms with van der Waals surface area (Å²) < 4.78 is 19.1. The van der Waals surface area contributed by atoms with Crippen LogP contribution in [0.2, 0.25) is 18.1 Å². The van der Waals surface area contributed by atoms with Gasteiger partial charge in [0.25, 0.3) is 0 Å². The highest BCUT2D eigenvalue weighted by atomic mass is 28.4. The van der Waals surface area contributed by atoms with Crippen molar-refractivity contribution >= 4 is 14.3 Å². The molecule has 0 aromatic carbocycles. The molecule has 1 saturated heterocycles. The van der Waals surface area contributed by atoms with Crippen LogP contribution in [0, 0.1) is 17.8 Å². The number of carboxylic acids is 1. The first-order valence-electron chi connectivity index (χ1n) is 12.4. The lowest BCUT2D eigenvalue weighted by molar-refractivity contribution is -0.197. The Bertz CT molecular complexity index is 632. The van der Waals surface area contributed by atoms with Gasteiger partial charge >= 0.3 is 5.97 Å². The zero-order valence-electron chi connectivity index (χ0n) is 20.3. The molecule has 0 bridgehead atoms. The van der Waals surface area contributed by atoms with Crippen molar-refractivity contribution in [1.82, 2.24) is 0 Å². The number of hydrogen-bond acceptors (Lipinski definition) is 4. The van der Waals surface area contributed by atoms with Crippen LogP contribution in [0.4, 0.5) is 0 Å². The molecular formula is C25H44O5Si. The van der Waals surface area contributed by atoms with Gasteiger partial charge in [0.1, 0.15) is 0 Å². The molecule has 2 aliphatic carbocycles. The molecular weight excluding hydrogens is 408 g/mol. The molecule has 0 spiro atoms. The number of allylic oxidation sites excluding steroid dienone is 2. The van der Waals surface area contributed by atoms with Crippen molar-refractivity contribution in [1.29, 1.82) is 0 Å². The molecule has 0 radical (unpaired) electrons. The van der Waals surface area contributed by atoms with Crippen molar-refractivity contribution in [3.8, 4) is 0 Å². The van der Waals surface area contributed by atoms with Gasteiger partial charge in [-0.3, -0.25) is 4.79 Å². The van der Waals surface area contributed by atoms with E-state index in [-0.39, 0.29) is 23.9 Å². The van der Waals surface area contributed by atoms with Crippen molar-refractivity contribution in [2.24, 2.45) is 17.8 Å². The van der Waals surface area contributed by atoms with E-state index in [0.29, 0.717) is 17.8 Å². The summed E-state index contributed by atoms with van der Waals surface area (Å²) in [6.45, 7) is 13.2. The molecule has 1 heterocycles. The lowest BCUT2D eigenvalue weighted by atomic mass is 9.92. The van der Waals surface area contributed by atoms with E-state index in [1.807, 2.05) is 0 Å². The van der Waals surface area contributed by atoms with Crippen LogP contribution in [-0.4, -0.2) is 45.0 Å². The normalized spacial score (nSPS) is 33.1. The van der Waals surface area contributed by atoms with Crippen LogP contribution < -0.4 is 0 Å². The number of fused-ring (bicyclic) bond motifs is 1. The van der Waals surface area contributed by atoms with Gasteiger partial charge in [0, 0.05) is 25.6 Å². The predicted molar refractivity (Wildman–Crippen MR) is 126 cm³/mol. The van der Waals surface area contributed by atoms with E-state index in [9.17, 15) is 4.79 Å². The molecule has 0 aromatic rings. The third kappa shape index (κ3) is 6.65. The quantitative estimate of drug-likeness (QED) is 0.258. The number of aliphatic carboxylic acids is 1. The van der Waals surface area contributed by atoms with Gasteiger partial charge in [-0.2, -0.15) is 0 Å². The maximum Gasteiger partial charge on any atom is 0.303 e. The van der Waals surface area contributed by atoms with E-state index in [0.717, 1.165) is 58.2 Å². The fourth-order valence-electron chi connectivity index (χ4n) is 5.20. The maximum absolute atomic E-state index is 10.8. The van der Waals surface area contributed by atoms with Crippen LogP contribution in [0.5, 0.6) is 0 Å². The summed E-state index contributed by atoms with van der Waals surface area (Å²) in [7, 11) is -1.81. The minimum atomic E-state index is -1.81. The van der Waals surface area contributed by atoms with Crippen LogP contribution in [-0.2, 0) is 18.7 Å². The molecule has 1 N–H and O–H groups in total. The SMILES string of the molecule is CC(C)(C)[Si](C)(C)OC[C@H]1[C@H](OC2CCCCO2)CC2C/C(=C\CCCC(=O)O)C[C@@H]21.